The number of rotatable bonds is 8. The van der Waals surface area contributed by atoms with Gasteiger partial charge in [0.15, 0.2) is 0 Å². The SMILES string of the molecule is C=C(C(=O)OCC)C(=O)OCCCCCC. The van der Waals surface area contributed by atoms with Crippen molar-refractivity contribution in [2.75, 3.05) is 13.2 Å². The highest BCUT2D eigenvalue weighted by atomic mass is 16.6. The molecular weight excluding hydrogens is 208 g/mol. The minimum absolute atomic E-state index is 0.224. The second-order valence-electron chi connectivity index (χ2n) is 3.40. The molecule has 0 saturated heterocycles. The van der Waals surface area contributed by atoms with Gasteiger partial charge in [-0.1, -0.05) is 32.8 Å². The molecule has 0 amide bonds. The molecule has 4 nitrogen and oxygen atoms in total. The van der Waals surface area contributed by atoms with E-state index in [0.29, 0.717) is 6.61 Å². The van der Waals surface area contributed by atoms with E-state index in [4.69, 9.17) is 4.74 Å². The van der Waals surface area contributed by atoms with Crippen LogP contribution in [0.25, 0.3) is 0 Å². The Bertz CT molecular complexity index is 245. The molecule has 0 atom stereocenters. The van der Waals surface area contributed by atoms with Crippen LogP contribution in [0.3, 0.4) is 0 Å². The smallest absolute Gasteiger partial charge is 0.344 e. The molecule has 0 aromatic heterocycles. The monoisotopic (exact) mass is 228 g/mol. The summed E-state index contributed by atoms with van der Waals surface area (Å²) in [5.41, 5.74) is -0.239. The molecular formula is C12H20O4. The Balaban J connectivity index is 3.71. The molecule has 0 bridgehead atoms. The molecule has 0 fully saturated rings. The van der Waals surface area contributed by atoms with E-state index < -0.39 is 11.9 Å². The summed E-state index contributed by atoms with van der Waals surface area (Å²) in [5, 5.41) is 0. The lowest BCUT2D eigenvalue weighted by Crippen LogP contribution is -2.17. The Morgan fingerprint density at radius 3 is 2.19 bits per heavy atom. The number of unbranched alkanes of at least 4 members (excludes halogenated alkanes) is 3. The molecule has 16 heavy (non-hydrogen) atoms. The van der Waals surface area contributed by atoms with Crippen LogP contribution in [0.1, 0.15) is 39.5 Å². The third kappa shape index (κ3) is 6.22. The number of esters is 2. The Kier molecular flexibility index (Phi) is 8.21. The molecule has 0 aliphatic heterocycles. The topological polar surface area (TPSA) is 52.6 Å². The van der Waals surface area contributed by atoms with Crippen molar-refractivity contribution in [1.29, 1.82) is 0 Å². The molecule has 0 aliphatic rings. The Labute approximate surface area is 96.6 Å². The maximum absolute atomic E-state index is 11.3. The lowest BCUT2D eigenvalue weighted by molar-refractivity contribution is -0.146. The number of ether oxygens (including phenoxy) is 2. The van der Waals surface area contributed by atoms with Gasteiger partial charge in [-0.15, -0.1) is 0 Å². The van der Waals surface area contributed by atoms with Crippen LogP contribution in [-0.2, 0) is 19.1 Å². The van der Waals surface area contributed by atoms with Crippen molar-refractivity contribution in [3.05, 3.63) is 12.2 Å². The molecule has 0 unspecified atom stereocenters. The van der Waals surface area contributed by atoms with Gasteiger partial charge in [0, 0.05) is 0 Å². The van der Waals surface area contributed by atoms with E-state index in [0.717, 1.165) is 25.7 Å². The molecule has 0 radical (unpaired) electrons. The van der Waals surface area contributed by atoms with Gasteiger partial charge in [0.1, 0.15) is 5.57 Å². The molecule has 0 aromatic rings. The Hall–Kier alpha value is -1.32. The van der Waals surface area contributed by atoms with E-state index in [2.05, 4.69) is 18.2 Å². The van der Waals surface area contributed by atoms with Crippen molar-refractivity contribution in [2.24, 2.45) is 0 Å². The third-order valence-corrected chi connectivity index (χ3v) is 2.00. The number of carbonyl (C=O) groups is 2. The van der Waals surface area contributed by atoms with Crippen LogP contribution in [0, 0.1) is 0 Å². The first-order valence-corrected chi connectivity index (χ1v) is 5.66. The van der Waals surface area contributed by atoms with Gasteiger partial charge in [-0.2, -0.15) is 0 Å². The van der Waals surface area contributed by atoms with Crippen molar-refractivity contribution in [2.45, 2.75) is 39.5 Å². The van der Waals surface area contributed by atoms with Crippen LogP contribution in [0.15, 0.2) is 12.2 Å². The first-order chi connectivity index (χ1) is 7.63. The predicted octanol–water partition coefficient (Wildman–Crippen LogP) is 2.23. The Morgan fingerprint density at radius 2 is 1.62 bits per heavy atom. The van der Waals surface area contributed by atoms with E-state index in [1.165, 1.54) is 0 Å². The van der Waals surface area contributed by atoms with Gasteiger partial charge in [-0.3, -0.25) is 0 Å². The summed E-state index contributed by atoms with van der Waals surface area (Å²) in [7, 11) is 0. The van der Waals surface area contributed by atoms with Crippen LogP contribution < -0.4 is 0 Å². The number of hydrogen-bond donors (Lipinski definition) is 0. The van der Waals surface area contributed by atoms with Gasteiger partial charge >= 0.3 is 11.9 Å². The Morgan fingerprint density at radius 1 is 1.00 bits per heavy atom. The molecule has 0 aliphatic carbocycles. The highest BCUT2D eigenvalue weighted by molar-refractivity contribution is 6.13. The average Bonchev–Trinajstić information content (AvgIpc) is 2.27. The van der Waals surface area contributed by atoms with Gasteiger partial charge in [0.25, 0.3) is 0 Å². The van der Waals surface area contributed by atoms with Gasteiger partial charge in [-0.25, -0.2) is 9.59 Å². The van der Waals surface area contributed by atoms with E-state index in [-0.39, 0.29) is 12.2 Å². The first-order valence-electron chi connectivity index (χ1n) is 5.66. The van der Waals surface area contributed by atoms with Crippen LogP contribution >= 0.6 is 0 Å². The zero-order valence-corrected chi connectivity index (χ0v) is 10.1. The maximum atomic E-state index is 11.3. The van der Waals surface area contributed by atoms with E-state index >= 15 is 0 Å². The summed E-state index contributed by atoms with van der Waals surface area (Å²) >= 11 is 0. The van der Waals surface area contributed by atoms with Crippen LogP contribution in [0.5, 0.6) is 0 Å². The van der Waals surface area contributed by atoms with Crippen molar-refractivity contribution < 1.29 is 19.1 Å². The van der Waals surface area contributed by atoms with Crippen molar-refractivity contribution >= 4 is 11.9 Å². The predicted molar refractivity (Wildman–Crippen MR) is 60.9 cm³/mol. The number of carbonyl (C=O) groups excluding carboxylic acids is 2. The molecule has 0 N–H and O–H groups in total. The summed E-state index contributed by atoms with van der Waals surface area (Å²) in [6.07, 6.45) is 4.09. The molecule has 0 saturated carbocycles. The average molecular weight is 228 g/mol. The fraction of sp³-hybridized carbons (Fsp3) is 0.667. The van der Waals surface area contributed by atoms with Crippen LogP contribution in [0.4, 0.5) is 0 Å². The van der Waals surface area contributed by atoms with E-state index in [1.54, 1.807) is 6.92 Å². The lowest BCUT2D eigenvalue weighted by atomic mass is 10.2. The second-order valence-corrected chi connectivity index (χ2v) is 3.40. The van der Waals surface area contributed by atoms with Crippen LogP contribution in [0.2, 0.25) is 0 Å². The molecule has 92 valence electrons. The fourth-order valence-electron chi connectivity index (χ4n) is 1.08. The minimum atomic E-state index is -0.707. The first kappa shape index (κ1) is 14.7. The zero-order valence-electron chi connectivity index (χ0n) is 10.1. The fourth-order valence-corrected chi connectivity index (χ4v) is 1.08. The summed E-state index contributed by atoms with van der Waals surface area (Å²) in [4.78, 5) is 22.4. The maximum Gasteiger partial charge on any atom is 0.344 e. The minimum Gasteiger partial charge on any atom is -0.462 e. The van der Waals surface area contributed by atoms with E-state index in [1.807, 2.05) is 0 Å². The highest BCUT2D eigenvalue weighted by Crippen LogP contribution is 2.02. The number of hydrogen-bond acceptors (Lipinski definition) is 4. The van der Waals surface area contributed by atoms with Gasteiger partial charge < -0.3 is 9.47 Å². The van der Waals surface area contributed by atoms with Crippen molar-refractivity contribution in [3.63, 3.8) is 0 Å². The quantitative estimate of drug-likeness (QED) is 0.210. The summed E-state index contributed by atoms with van der Waals surface area (Å²) in [6, 6.07) is 0. The molecule has 0 spiro atoms. The summed E-state index contributed by atoms with van der Waals surface area (Å²) in [6.45, 7) is 7.67. The summed E-state index contributed by atoms with van der Waals surface area (Å²) in [5.74, 6) is -1.39. The van der Waals surface area contributed by atoms with E-state index in [9.17, 15) is 9.59 Å². The highest BCUT2D eigenvalue weighted by Gasteiger charge is 2.17. The van der Waals surface area contributed by atoms with Crippen molar-refractivity contribution in [1.82, 2.24) is 0 Å². The molecule has 0 aromatic carbocycles. The third-order valence-electron chi connectivity index (χ3n) is 2.00. The molecule has 4 heteroatoms. The normalized spacial score (nSPS) is 9.62. The summed E-state index contributed by atoms with van der Waals surface area (Å²) < 4.78 is 9.51. The van der Waals surface area contributed by atoms with Crippen LogP contribution in [-0.4, -0.2) is 25.2 Å². The van der Waals surface area contributed by atoms with Gasteiger partial charge in [0.05, 0.1) is 13.2 Å². The largest absolute Gasteiger partial charge is 0.462 e. The van der Waals surface area contributed by atoms with Gasteiger partial charge in [0.2, 0.25) is 0 Å². The zero-order chi connectivity index (χ0) is 12.4. The standard InChI is InChI=1S/C12H20O4/c1-4-6-7-8-9-16-12(14)10(3)11(13)15-5-2/h3-9H2,1-2H3. The lowest BCUT2D eigenvalue weighted by Gasteiger charge is -2.06. The molecule has 0 rings (SSSR count). The second kappa shape index (κ2) is 8.95. The van der Waals surface area contributed by atoms with Gasteiger partial charge in [-0.05, 0) is 13.3 Å². The molecule has 0 heterocycles. The van der Waals surface area contributed by atoms with Crippen molar-refractivity contribution in [3.8, 4) is 0 Å².